The Balaban J connectivity index is 1.84. The van der Waals surface area contributed by atoms with Crippen LogP contribution in [0.1, 0.15) is 22.7 Å². The van der Waals surface area contributed by atoms with Crippen LogP contribution in [0, 0.1) is 13.8 Å². The van der Waals surface area contributed by atoms with Gasteiger partial charge in [-0.3, -0.25) is 14.5 Å². The number of para-hydroxylation sites is 2. The Kier molecular flexibility index (Phi) is 5.51. The zero-order valence-electron chi connectivity index (χ0n) is 18.4. The first kappa shape index (κ1) is 20.7. The number of piperazine rings is 1. The number of rotatable bonds is 4. The van der Waals surface area contributed by atoms with Crippen molar-refractivity contribution in [1.82, 2.24) is 0 Å². The Morgan fingerprint density at radius 2 is 1.42 bits per heavy atom. The SMILES string of the molecule is Cc1cccc(C)c1N1CC(=O)N(c2ccccc2)[C@H](c2ccc(N(C)C)cc2)C1=O. The predicted molar refractivity (Wildman–Crippen MR) is 126 cm³/mol. The average Bonchev–Trinajstić information content (AvgIpc) is 2.76. The van der Waals surface area contributed by atoms with E-state index in [1.807, 2.05) is 106 Å². The van der Waals surface area contributed by atoms with Crippen molar-refractivity contribution in [3.63, 3.8) is 0 Å². The number of nitrogens with zero attached hydrogens (tertiary/aromatic N) is 3. The van der Waals surface area contributed by atoms with Gasteiger partial charge < -0.3 is 9.80 Å². The quantitative estimate of drug-likeness (QED) is 0.633. The number of benzene rings is 3. The fourth-order valence-electron chi connectivity index (χ4n) is 4.24. The van der Waals surface area contributed by atoms with Crippen molar-refractivity contribution in [3.8, 4) is 0 Å². The van der Waals surface area contributed by atoms with Crippen LogP contribution in [-0.4, -0.2) is 32.5 Å². The summed E-state index contributed by atoms with van der Waals surface area (Å²) in [5.41, 5.74) is 5.35. The van der Waals surface area contributed by atoms with Crippen LogP contribution >= 0.6 is 0 Å². The molecular weight excluding hydrogens is 386 g/mol. The van der Waals surface area contributed by atoms with Crippen LogP contribution in [0.2, 0.25) is 0 Å². The molecule has 158 valence electrons. The van der Waals surface area contributed by atoms with Gasteiger partial charge in [-0.15, -0.1) is 0 Å². The van der Waals surface area contributed by atoms with Crippen LogP contribution < -0.4 is 14.7 Å². The Hall–Kier alpha value is -3.60. The third kappa shape index (κ3) is 3.79. The number of carbonyl (C=O) groups excluding carboxylic acids is 2. The van der Waals surface area contributed by atoms with Gasteiger partial charge in [0.25, 0.3) is 5.91 Å². The highest BCUT2D eigenvalue weighted by molar-refractivity contribution is 6.15. The molecule has 0 aromatic heterocycles. The standard InChI is InChI=1S/C26H27N3O2/c1-18-9-8-10-19(2)24(18)28-17-23(30)29(22-11-6-5-7-12-22)25(26(28)31)20-13-15-21(16-14-20)27(3)4/h5-16,25H,17H2,1-4H3/t25-/m1/s1. The minimum absolute atomic E-state index is 0.0195. The molecule has 3 aromatic carbocycles. The first-order valence-electron chi connectivity index (χ1n) is 10.4. The summed E-state index contributed by atoms with van der Waals surface area (Å²) < 4.78 is 0. The molecule has 1 heterocycles. The maximum atomic E-state index is 13.9. The van der Waals surface area contributed by atoms with Gasteiger partial charge in [-0.05, 0) is 54.8 Å². The molecule has 0 unspecified atom stereocenters. The second-order valence-corrected chi connectivity index (χ2v) is 8.15. The van der Waals surface area contributed by atoms with Crippen LogP contribution in [0.25, 0.3) is 0 Å². The smallest absolute Gasteiger partial charge is 0.255 e. The summed E-state index contributed by atoms with van der Waals surface area (Å²) in [6, 6.07) is 22.5. The lowest BCUT2D eigenvalue weighted by atomic mass is 9.97. The van der Waals surface area contributed by atoms with Crippen molar-refractivity contribution >= 4 is 28.9 Å². The first-order valence-corrected chi connectivity index (χ1v) is 10.4. The van der Waals surface area contributed by atoms with Gasteiger partial charge in [-0.25, -0.2) is 0 Å². The third-order valence-electron chi connectivity index (χ3n) is 5.79. The van der Waals surface area contributed by atoms with E-state index in [-0.39, 0.29) is 18.4 Å². The molecule has 1 atom stereocenters. The molecule has 31 heavy (non-hydrogen) atoms. The van der Waals surface area contributed by atoms with Crippen LogP contribution in [0.5, 0.6) is 0 Å². The molecule has 0 spiro atoms. The highest BCUT2D eigenvalue weighted by Gasteiger charge is 2.42. The Morgan fingerprint density at radius 3 is 2.00 bits per heavy atom. The first-order chi connectivity index (χ1) is 14.9. The topological polar surface area (TPSA) is 43.9 Å². The summed E-state index contributed by atoms with van der Waals surface area (Å²) in [6.45, 7) is 3.97. The molecule has 3 aromatic rings. The van der Waals surface area contributed by atoms with Gasteiger partial charge >= 0.3 is 0 Å². The molecule has 0 bridgehead atoms. The third-order valence-corrected chi connectivity index (χ3v) is 5.79. The largest absolute Gasteiger partial charge is 0.378 e. The van der Waals surface area contributed by atoms with E-state index in [0.29, 0.717) is 0 Å². The minimum Gasteiger partial charge on any atom is -0.378 e. The second kappa shape index (κ2) is 8.26. The molecule has 5 heteroatoms. The van der Waals surface area contributed by atoms with Crippen molar-refractivity contribution in [2.75, 3.05) is 35.3 Å². The number of amides is 2. The minimum atomic E-state index is -0.723. The molecule has 1 fully saturated rings. The molecule has 1 aliphatic heterocycles. The summed E-state index contributed by atoms with van der Waals surface area (Å²) in [6.07, 6.45) is 0. The average molecular weight is 414 g/mol. The van der Waals surface area contributed by atoms with Crippen LogP contribution in [-0.2, 0) is 9.59 Å². The highest BCUT2D eigenvalue weighted by Crippen LogP contribution is 2.36. The number of hydrogen-bond acceptors (Lipinski definition) is 3. The Morgan fingerprint density at radius 1 is 0.806 bits per heavy atom. The van der Waals surface area contributed by atoms with E-state index in [9.17, 15) is 9.59 Å². The van der Waals surface area contributed by atoms with Crippen molar-refractivity contribution in [1.29, 1.82) is 0 Å². The van der Waals surface area contributed by atoms with E-state index in [0.717, 1.165) is 33.8 Å². The molecule has 0 aliphatic carbocycles. The maximum Gasteiger partial charge on any atom is 0.255 e. The summed E-state index contributed by atoms with van der Waals surface area (Å²) >= 11 is 0. The predicted octanol–water partition coefficient (Wildman–Crippen LogP) is 4.49. The van der Waals surface area contributed by atoms with E-state index >= 15 is 0 Å². The van der Waals surface area contributed by atoms with Crippen molar-refractivity contribution in [2.45, 2.75) is 19.9 Å². The van der Waals surface area contributed by atoms with Crippen LogP contribution in [0.15, 0.2) is 72.8 Å². The zero-order valence-corrected chi connectivity index (χ0v) is 18.4. The van der Waals surface area contributed by atoms with E-state index < -0.39 is 6.04 Å². The Bertz CT molecular complexity index is 1090. The van der Waals surface area contributed by atoms with Gasteiger partial charge in [0.15, 0.2) is 0 Å². The molecule has 1 saturated heterocycles. The van der Waals surface area contributed by atoms with Gasteiger partial charge in [0.1, 0.15) is 12.6 Å². The molecule has 0 saturated carbocycles. The van der Waals surface area contributed by atoms with Crippen LogP contribution in [0.3, 0.4) is 0 Å². The molecule has 0 radical (unpaired) electrons. The lowest BCUT2D eigenvalue weighted by Gasteiger charge is -2.41. The summed E-state index contributed by atoms with van der Waals surface area (Å²) in [7, 11) is 3.95. The normalized spacial score (nSPS) is 16.6. The molecule has 5 nitrogen and oxygen atoms in total. The number of carbonyl (C=O) groups is 2. The van der Waals surface area contributed by atoms with E-state index in [1.165, 1.54) is 0 Å². The molecule has 0 N–H and O–H groups in total. The van der Waals surface area contributed by atoms with Crippen molar-refractivity contribution in [3.05, 3.63) is 89.5 Å². The molecular formula is C26H27N3O2. The molecule has 2 amide bonds. The monoisotopic (exact) mass is 413 g/mol. The van der Waals surface area contributed by atoms with Crippen molar-refractivity contribution < 1.29 is 9.59 Å². The lowest BCUT2D eigenvalue weighted by Crippen LogP contribution is -2.56. The summed E-state index contributed by atoms with van der Waals surface area (Å²) in [4.78, 5) is 32.6. The van der Waals surface area contributed by atoms with Gasteiger partial charge in [-0.1, -0.05) is 48.5 Å². The fourth-order valence-corrected chi connectivity index (χ4v) is 4.24. The molecule has 1 aliphatic rings. The highest BCUT2D eigenvalue weighted by atomic mass is 16.2. The fraction of sp³-hybridized carbons (Fsp3) is 0.231. The van der Waals surface area contributed by atoms with E-state index in [1.54, 1.807) is 9.80 Å². The zero-order chi connectivity index (χ0) is 22.1. The van der Waals surface area contributed by atoms with Gasteiger partial charge in [0, 0.05) is 25.5 Å². The van der Waals surface area contributed by atoms with Gasteiger partial charge in [0.05, 0.1) is 5.69 Å². The number of hydrogen-bond donors (Lipinski definition) is 0. The summed E-state index contributed by atoms with van der Waals surface area (Å²) in [5.74, 6) is -0.200. The van der Waals surface area contributed by atoms with E-state index in [2.05, 4.69) is 0 Å². The molecule has 4 rings (SSSR count). The lowest BCUT2D eigenvalue weighted by molar-refractivity contribution is -0.128. The summed E-state index contributed by atoms with van der Waals surface area (Å²) in [5, 5.41) is 0. The Labute approximate surface area is 183 Å². The van der Waals surface area contributed by atoms with Crippen molar-refractivity contribution in [2.24, 2.45) is 0 Å². The maximum absolute atomic E-state index is 13.9. The second-order valence-electron chi connectivity index (χ2n) is 8.15. The number of aryl methyl sites for hydroxylation is 2. The van der Waals surface area contributed by atoms with Gasteiger partial charge in [-0.2, -0.15) is 0 Å². The van der Waals surface area contributed by atoms with E-state index in [4.69, 9.17) is 0 Å². The number of anilines is 3. The van der Waals surface area contributed by atoms with Gasteiger partial charge in [0.2, 0.25) is 5.91 Å². The van der Waals surface area contributed by atoms with Crippen LogP contribution in [0.4, 0.5) is 17.1 Å².